The average molecular weight is 476 g/mol. The zero-order valence-corrected chi connectivity index (χ0v) is 19.1. The van der Waals surface area contributed by atoms with Crippen LogP contribution in [0.1, 0.15) is 47.4 Å². The number of aromatic amines is 1. The summed E-state index contributed by atoms with van der Waals surface area (Å²) in [5.41, 5.74) is 4.44. The van der Waals surface area contributed by atoms with Crippen LogP contribution in [0, 0.1) is 5.92 Å². The zero-order valence-electron chi connectivity index (χ0n) is 19.1. The molecule has 3 aromatic rings. The fraction of sp³-hybridized carbons (Fsp3) is 0.320. The van der Waals surface area contributed by atoms with E-state index in [0.29, 0.717) is 19.4 Å². The second-order valence-electron chi connectivity index (χ2n) is 8.94. The first-order valence-electron chi connectivity index (χ1n) is 11.5. The van der Waals surface area contributed by atoms with E-state index >= 15 is 0 Å². The molecule has 10 heteroatoms. The van der Waals surface area contributed by atoms with Crippen LogP contribution in [0.5, 0.6) is 0 Å². The number of anilines is 1. The lowest BCUT2D eigenvalue weighted by Gasteiger charge is -2.35. The number of nitrogens with zero attached hydrogens (tertiary/aromatic N) is 3. The van der Waals surface area contributed by atoms with Crippen LogP contribution in [0.2, 0.25) is 0 Å². The molecule has 35 heavy (non-hydrogen) atoms. The van der Waals surface area contributed by atoms with Gasteiger partial charge in [-0.25, -0.2) is 9.59 Å². The number of aromatic nitrogens is 3. The number of H-pyrrole nitrogens is 1. The van der Waals surface area contributed by atoms with Crippen molar-refractivity contribution in [1.82, 2.24) is 20.1 Å². The third kappa shape index (κ3) is 4.34. The van der Waals surface area contributed by atoms with Gasteiger partial charge in [0.2, 0.25) is 5.82 Å². The van der Waals surface area contributed by atoms with Crippen molar-refractivity contribution in [2.75, 3.05) is 18.5 Å². The van der Waals surface area contributed by atoms with E-state index in [1.807, 2.05) is 43.3 Å². The highest BCUT2D eigenvalue weighted by atomic mass is 16.5. The van der Waals surface area contributed by atoms with Crippen LogP contribution in [0.15, 0.2) is 48.5 Å². The van der Waals surface area contributed by atoms with Gasteiger partial charge in [0.1, 0.15) is 12.6 Å². The van der Waals surface area contributed by atoms with E-state index in [-0.39, 0.29) is 30.2 Å². The van der Waals surface area contributed by atoms with Crippen molar-refractivity contribution in [1.29, 1.82) is 0 Å². The first-order chi connectivity index (χ1) is 16.9. The number of rotatable bonds is 5. The smallest absolute Gasteiger partial charge is 0.414 e. The van der Waals surface area contributed by atoms with Crippen LogP contribution in [0.4, 0.5) is 10.7 Å². The maximum Gasteiger partial charge on any atom is 0.414 e. The van der Waals surface area contributed by atoms with E-state index < -0.39 is 24.0 Å². The summed E-state index contributed by atoms with van der Waals surface area (Å²) in [6.45, 7) is 2.40. The first-order valence-corrected chi connectivity index (χ1v) is 11.5. The molecule has 0 saturated carbocycles. The third-order valence-electron chi connectivity index (χ3n) is 6.66. The Morgan fingerprint density at radius 3 is 2.43 bits per heavy atom. The lowest BCUT2D eigenvalue weighted by molar-refractivity contribution is -0.144. The van der Waals surface area contributed by atoms with Crippen LogP contribution in [0.3, 0.4) is 0 Å². The lowest BCUT2D eigenvalue weighted by Crippen LogP contribution is -2.50. The van der Waals surface area contributed by atoms with Crippen molar-refractivity contribution in [3.05, 3.63) is 65.5 Å². The van der Waals surface area contributed by atoms with Gasteiger partial charge in [0, 0.05) is 12.5 Å². The molecule has 1 aliphatic heterocycles. The highest BCUT2D eigenvalue weighted by Gasteiger charge is 2.36. The van der Waals surface area contributed by atoms with Gasteiger partial charge in [0.15, 0.2) is 0 Å². The number of fused-ring (bicyclic) bond motifs is 3. The third-order valence-corrected chi connectivity index (χ3v) is 6.66. The number of carbonyl (C=O) groups is 3. The number of carboxylic acids is 1. The molecule has 2 atom stereocenters. The summed E-state index contributed by atoms with van der Waals surface area (Å²) in [5.74, 6) is -1.77. The number of hydrogen-bond acceptors (Lipinski definition) is 6. The summed E-state index contributed by atoms with van der Waals surface area (Å²) in [4.78, 5) is 42.2. The number of nitrogens with one attached hydrogen (secondary N) is 2. The van der Waals surface area contributed by atoms with Gasteiger partial charge < -0.3 is 14.7 Å². The van der Waals surface area contributed by atoms with Gasteiger partial charge in [-0.1, -0.05) is 55.5 Å². The van der Waals surface area contributed by atoms with Gasteiger partial charge in [-0.05, 0) is 41.0 Å². The molecule has 2 aliphatic rings. The average Bonchev–Trinajstić information content (AvgIpc) is 3.45. The molecule has 180 valence electrons. The fourth-order valence-corrected chi connectivity index (χ4v) is 4.89. The van der Waals surface area contributed by atoms with Crippen molar-refractivity contribution < 1.29 is 24.2 Å². The molecular weight excluding hydrogens is 450 g/mol. The summed E-state index contributed by atoms with van der Waals surface area (Å²) in [6, 6.07) is 15.1. The number of likely N-dealkylation sites (tertiary alicyclic amines) is 1. The van der Waals surface area contributed by atoms with Crippen molar-refractivity contribution >= 4 is 23.9 Å². The Morgan fingerprint density at radius 1 is 1.11 bits per heavy atom. The predicted octanol–water partition coefficient (Wildman–Crippen LogP) is 3.49. The number of hydrogen-bond donors (Lipinski definition) is 3. The molecule has 5 rings (SSSR count). The van der Waals surface area contributed by atoms with Gasteiger partial charge in [-0.15, -0.1) is 5.10 Å². The van der Waals surface area contributed by atoms with E-state index in [1.165, 1.54) is 4.90 Å². The largest absolute Gasteiger partial charge is 0.480 e. The highest BCUT2D eigenvalue weighted by molar-refractivity contribution is 5.94. The highest BCUT2D eigenvalue weighted by Crippen LogP contribution is 2.44. The zero-order chi connectivity index (χ0) is 24.5. The number of benzene rings is 2. The Balaban J connectivity index is 1.23. The molecule has 2 unspecified atom stereocenters. The summed E-state index contributed by atoms with van der Waals surface area (Å²) in [5, 5.41) is 18.3. The molecule has 2 amide bonds. The molecule has 2 heterocycles. The Labute approximate surface area is 201 Å². The van der Waals surface area contributed by atoms with Gasteiger partial charge in [0.25, 0.3) is 11.9 Å². The van der Waals surface area contributed by atoms with Crippen LogP contribution >= 0.6 is 0 Å². The summed E-state index contributed by atoms with van der Waals surface area (Å²) in [7, 11) is 0. The van der Waals surface area contributed by atoms with Crippen molar-refractivity contribution in [3.63, 3.8) is 0 Å². The van der Waals surface area contributed by atoms with Gasteiger partial charge in [-0.3, -0.25) is 15.2 Å². The molecule has 2 aromatic carbocycles. The number of piperidine rings is 1. The molecule has 0 spiro atoms. The van der Waals surface area contributed by atoms with Crippen LogP contribution < -0.4 is 5.32 Å². The first kappa shape index (κ1) is 22.6. The predicted molar refractivity (Wildman–Crippen MR) is 126 cm³/mol. The standard InChI is InChI=1S/C25H25N5O5/c1-14-10-11-30(20(12-14)23(32)33)22(31)21-26-24(29-28-21)27-25(34)35-13-19-17-8-4-2-6-15(17)16-7-3-5-9-18(16)19/h2-9,14,19-20H,10-13H2,1H3,(H,32,33)(H2,26,27,28,29,34). The van der Waals surface area contributed by atoms with Crippen LogP contribution in [0.25, 0.3) is 11.1 Å². The lowest BCUT2D eigenvalue weighted by atomic mass is 9.92. The van der Waals surface area contributed by atoms with Crippen LogP contribution in [-0.2, 0) is 9.53 Å². The van der Waals surface area contributed by atoms with E-state index in [9.17, 15) is 19.5 Å². The topological polar surface area (TPSA) is 138 Å². The second kappa shape index (κ2) is 9.21. The van der Waals surface area contributed by atoms with E-state index in [1.54, 1.807) is 0 Å². The monoisotopic (exact) mass is 475 g/mol. The van der Waals surface area contributed by atoms with E-state index in [0.717, 1.165) is 22.3 Å². The molecule has 0 bridgehead atoms. The molecule has 10 nitrogen and oxygen atoms in total. The Kier molecular flexibility index (Phi) is 5.94. The number of ether oxygens (including phenoxy) is 1. The minimum absolute atomic E-state index is 0.0909. The Morgan fingerprint density at radius 2 is 1.77 bits per heavy atom. The van der Waals surface area contributed by atoms with E-state index in [2.05, 4.69) is 32.6 Å². The summed E-state index contributed by atoms with van der Waals surface area (Å²) in [6.07, 6.45) is 0.328. The van der Waals surface area contributed by atoms with E-state index in [4.69, 9.17) is 4.74 Å². The summed E-state index contributed by atoms with van der Waals surface area (Å²) < 4.78 is 5.47. The fourth-order valence-electron chi connectivity index (χ4n) is 4.89. The minimum Gasteiger partial charge on any atom is -0.480 e. The second-order valence-corrected chi connectivity index (χ2v) is 8.94. The van der Waals surface area contributed by atoms with Crippen LogP contribution in [-0.4, -0.2) is 62.4 Å². The normalized spacial score (nSPS) is 19.1. The minimum atomic E-state index is -1.05. The number of aliphatic carboxylic acids is 1. The van der Waals surface area contributed by atoms with Crippen molar-refractivity contribution in [2.45, 2.75) is 31.7 Å². The Bertz CT molecular complexity index is 1240. The molecule has 1 aliphatic carbocycles. The molecule has 0 radical (unpaired) electrons. The summed E-state index contributed by atoms with van der Waals surface area (Å²) >= 11 is 0. The van der Waals surface area contributed by atoms with Gasteiger partial charge in [0.05, 0.1) is 0 Å². The molecule has 1 fully saturated rings. The maximum absolute atomic E-state index is 12.8. The number of carbonyl (C=O) groups excluding carboxylic acids is 2. The number of amides is 2. The van der Waals surface area contributed by atoms with Crippen molar-refractivity contribution in [2.24, 2.45) is 5.92 Å². The SMILES string of the molecule is CC1CCN(C(=O)c2nc(NC(=O)OCC3c4ccccc4-c4ccccc43)n[nH]2)C(C(=O)O)C1. The molecule has 1 aromatic heterocycles. The van der Waals surface area contributed by atoms with Gasteiger partial charge in [-0.2, -0.15) is 4.98 Å². The molecular formula is C25H25N5O5. The van der Waals surface area contributed by atoms with Gasteiger partial charge >= 0.3 is 12.1 Å². The quantitative estimate of drug-likeness (QED) is 0.514. The number of carboxylic acid groups (broad SMARTS) is 1. The maximum atomic E-state index is 12.8. The molecule has 3 N–H and O–H groups in total. The van der Waals surface area contributed by atoms with Crippen molar-refractivity contribution in [3.8, 4) is 11.1 Å². The molecule has 1 saturated heterocycles. The Hall–Kier alpha value is -4.21.